The van der Waals surface area contributed by atoms with Gasteiger partial charge in [-0.2, -0.15) is 4.57 Å². The monoisotopic (exact) mass is 437 g/mol. The molecule has 0 amide bonds. The second-order valence-electron chi connectivity index (χ2n) is 8.08. The fourth-order valence-electron chi connectivity index (χ4n) is 5.28. The summed E-state index contributed by atoms with van der Waals surface area (Å²) in [7, 11) is -4.94. The fraction of sp³-hybridized carbons (Fsp3) is 0.500. The number of rotatable bonds is 4. The van der Waals surface area contributed by atoms with Gasteiger partial charge in [0.15, 0.2) is 23.7 Å². The van der Waals surface area contributed by atoms with Gasteiger partial charge in [-0.1, -0.05) is 24.3 Å². The van der Waals surface area contributed by atoms with E-state index >= 15 is 0 Å². The molecule has 164 valence electrons. The van der Waals surface area contributed by atoms with E-state index in [-0.39, 0.29) is 17.4 Å². The average molecular weight is 438 g/mol. The Balaban J connectivity index is 0.000000461. The number of benzene rings is 1. The number of aromatic nitrogens is 1. The summed E-state index contributed by atoms with van der Waals surface area (Å²) in [5.74, 6) is -0.577. The maximum Gasteiger partial charge on any atom is 0.196 e. The summed E-state index contributed by atoms with van der Waals surface area (Å²) < 4.78 is 49.4. The van der Waals surface area contributed by atoms with Crippen LogP contribution in [-0.2, 0) is 9.47 Å². The lowest BCUT2D eigenvalue weighted by Crippen LogP contribution is -2.72. The van der Waals surface area contributed by atoms with E-state index in [2.05, 4.69) is 81.8 Å². The Kier molecular flexibility index (Phi) is 6.28. The smallest absolute Gasteiger partial charge is 0.196 e. The highest BCUT2D eigenvalue weighted by molar-refractivity contribution is 5.49. The molecule has 8 heteroatoms. The van der Waals surface area contributed by atoms with Gasteiger partial charge in [-0.05, 0) is 45.7 Å². The molecule has 0 spiro atoms. The number of hydrogen-bond donors (Lipinski definition) is 0. The van der Waals surface area contributed by atoms with Gasteiger partial charge in [-0.15, -0.1) is 10.2 Å². The van der Waals surface area contributed by atoms with Crippen molar-refractivity contribution in [2.45, 2.75) is 52.4 Å². The van der Waals surface area contributed by atoms with E-state index in [4.69, 9.17) is 28.1 Å². The van der Waals surface area contributed by atoms with Crippen LogP contribution < -0.4 is 23.2 Å². The van der Waals surface area contributed by atoms with Crippen LogP contribution in [0.4, 0.5) is 0 Å². The first-order valence-corrected chi connectivity index (χ1v) is 11.2. The van der Waals surface area contributed by atoms with Gasteiger partial charge >= 0.3 is 0 Å². The zero-order chi connectivity index (χ0) is 22.3. The van der Waals surface area contributed by atoms with E-state index in [1.807, 2.05) is 0 Å². The quantitative estimate of drug-likeness (QED) is 0.464. The molecule has 0 saturated carbocycles. The topological polar surface area (TPSA) is 115 Å². The lowest BCUT2D eigenvalue weighted by molar-refractivity contribution is -2.00. The van der Waals surface area contributed by atoms with E-state index in [1.54, 1.807) is 0 Å². The van der Waals surface area contributed by atoms with Gasteiger partial charge in [0.05, 0.1) is 5.41 Å². The van der Waals surface area contributed by atoms with Crippen molar-refractivity contribution >= 4 is 0 Å². The van der Waals surface area contributed by atoms with Crippen LogP contribution in [0.3, 0.4) is 0 Å². The van der Waals surface area contributed by atoms with Crippen LogP contribution in [0.5, 0.6) is 0 Å². The summed E-state index contributed by atoms with van der Waals surface area (Å²) in [6.07, 6.45) is 2.21. The van der Waals surface area contributed by atoms with Crippen molar-refractivity contribution in [1.29, 1.82) is 0 Å². The normalized spacial score (nSPS) is 22.6. The molecule has 0 fully saturated rings. The van der Waals surface area contributed by atoms with Crippen LogP contribution in [0.15, 0.2) is 42.6 Å². The number of halogens is 1. The molecular formula is C22H28ClNO6. The Labute approximate surface area is 179 Å². The lowest BCUT2D eigenvalue weighted by atomic mass is 9.56. The maximum absolute atomic E-state index is 8.49. The second kappa shape index (κ2) is 8.16. The molecule has 2 bridgehead atoms. The summed E-state index contributed by atoms with van der Waals surface area (Å²) in [6.45, 7) is 12.2. The molecule has 0 saturated heterocycles. The minimum Gasteiger partial charge on any atom is -0.348 e. The minimum absolute atomic E-state index is 0.0739. The third-order valence-electron chi connectivity index (χ3n) is 6.12. The lowest BCUT2D eigenvalue weighted by Gasteiger charge is -2.57. The number of aryl methyl sites for hydroxylation is 1. The Morgan fingerprint density at radius 3 is 2.13 bits per heavy atom. The Hall–Kier alpha value is -1.58. The van der Waals surface area contributed by atoms with Crippen LogP contribution >= 0.6 is 0 Å². The van der Waals surface area contributed by atoms with Crippen LogP contribution in [0.2, 0.25) is 0 Å². The van der Waals surface area contributed by atoms with Crippen molar-refractivity contribution in [3.05, 3.63) is 65.0 Å². The predicted octanol–water partition coefficient (Wildman–Crippen LogP) is -0.630. The first-order chi connectivity index (χ1) is 14.0. The Morgan fingerprint density at radius 2 is 1.57 bits per heavy atom. The fourth-order valence-corrected chi connectivity index (χ4v) is 5.28. The van der Waals surface area contributed by atoms with Crippen molar-refractivity contribution < 1.29 is 42.9 Å². The van der Waals surface area contributed by atoms with Crippen molar-refractivity contribution in [1.82, 2.24) is 0 Å². The first-order valence-electron chi connectivity index (χ1n) is 9.98. The molecule has 30 heavy (non-hydrogen) atoms. The summed E-state index contributed by atoms with van der Waals surface area (Å²) in [5, 5.41) is 0. The standard InChI is InChI=1S/C22H28NO2.ClHO4/c1-6-24-22(25-7-2)19-17-13-8-9-14-23(17)20(21(22,4)5)16-12-10-11-15(3)18(16)19;2-1(3,4)5/h8-14,19-20H,6-7H2,1-5H3;(H,2,3,4,5)/q+1;/p-1. The van der Waals surface area contributed by atoms with Crippen LogP contribution in [0.1, 0.15) is 62.0 Å². The molecule has 2 atom stereocenters. The third-order valence-corrected chi connectivity index (χ3v) is 6.12. The molecule has 2 aromatic rings. The van der Waals surface area contributed by atoms with Gasteiger partial charge in [-0.25, -0.2) is 18.6 Å². The highest BCUT2D eigenvalue weighted by Crippen LogP contribution is 2.62. The maximum atomic E-state index is 8.49. The first kappa shape index (κ1) is 23.1. The molecule has 3 aliphatic rings. The van der Waals surface area contributed by atoms with E-state index in [9.17, 15) is 0 Å². The molecule has 1 aromatic heterocycles. The zero-order valence-electron chi connectivity index (χ0n) is 17.9. The minimum atomic E-state index is -4.94. The summed E-state index contributed by atoms with van der Waals surface area (Å²) >= 11 is 0. The molecule has 0 radical (unpaired) electrons. The van der Waals surface area contributed by atoms with Crippen molar-refractivity contribution in [2.75, 3.05) is 13.2 Å². The predicted molar refractivity (Wildman–Crippen MR) is 97.6 cm³/mol. The van der Waals surface area contributed by atoms with E-state index in [0.717, 1.165) is 0 Å². The molecule has 0 N–H and O–H groups in total. The van der Waals surface area contributed by atoms with Crippen molar-refractivity contribution in [2.24, 2.45) is 5.41 Å². The van der Waals surface area contributed by atoms with Crippen LogP contribution in [0.25, 0.3) is 0 Å². The van der Waals surface area contributed by atoms with Crippen LogP contribution in [-0.4, -0.2) is 19.0 Å². The number of pyridine rings is 1. The Bertz CT molecular complexity index is 899. The molecule has 2 unspecified atom stereocenters. The van der Waals surface area contributed by atoms with Crippen molar-refractivity contribution in [3.63, 3.8) is 0 Å². The number of ether oxygens (including phenoxy) is 2. The Morgan fingerprint density at radius 1 is 0.967 bits per heavy atom. The van der Waals surface area contributed by atoms with Gasteiger partial charge in [-0.3, -0.25) is 0 Å². The van der Waals surface area contributed by atoms with E-state index < -0.39 is 16.0 Å². The number of hydrogen-bond acceptors (Lipinski definition) is 6. The highest BCUT2D eigenvalue weighted by Gasteiger charge is 2.70. The van der Waals surface area contributed by atoms with Gasteiger partial charge in [0.1, 0.15) is 5.92 Å². The summed E-state index contributed by atoms with van der Waals surface area (Å²) in [5.41, 5.74) is 5.22. The van der Waals surface area contributed by atoms with Gasteiger partial charge in [0, 0.05) is 30.9 Å². The summed E-state index contributed by atoms with van der Waals surface area (Å²) in [6, 6.07) is 13.3. The largest absolute Gasteiger partial charge is 0.348 e. The average Bonchev–Trinajstić information content (AvgIpc) is 2.63. The summed E-state index contributed by atoms with van der Waals surface area (Å²) in [4.78, 5) is 0. The second-order valence-corrected chi connectivity index (χ2v) is 8.84. The molecule has 7 nitrogen and oxygen atoms in total. The van der Waals surface area contributed by atoms with Crippen molar-refractivity contribution in [3.8, 4) is 0 Å². The molecule has 1 aliphatic carbocycles. The SMILES string of the molecule is CCOC1(OCC)C2c3c(C)cccc3C([n+]3ccccc32)C1(C)C.[O-][Cl+3]([O-])([O-])[O-]. The number of fused-ring (bicyclic) bond motifs is 1. The van der Waals surface area contributed by atoms with E-state index in [1.165, 1.54) is 22.4 Å². The van der Waals surface area contributed by atoms with Gasteiger partial charge in [0.25, 0.3) is 0 Å². The number of nitrogens with zero attached hydrogens (tertiary/aromatic N) is 1. The molecule has 2 aliphatic heterocycles. The zero-order valence-corrected chi connectivity index (χ0v) is 18.6. The molecule has 3 heterocycles. The van der Waals surface area contributed by atoms with Gasteiger partial charge < -0.3 is 9.47 Å². The molecule has 1 aromatic carbocycles. The highest BCUT2D eigenvalue weighted by atomic mass is 35.7. The third kappa shape index (κ3) is 3.65. The molecular weight excluding hydrogens is 410 g/mol. The van der Waals surface area contributed by atoms with E-state index in [0.29, 0.717) is 13.2 Å². The van der Waals surface area contributed by atoms with Gasteiger partial charge in [0.2, 0.25) is 0 Å². The molecule has 5 rings (SSSR count). The van der Waals surface area contributed by atoms with Crippen LogP contribution in [0, 0.1) is 22.6 Å².